The number of benzene rings is 2. The maximum Gasteiger partial charge on any atom is 0.267 e. The van der Waals surface area contributed by atoms with Gasteiger partial charge in [-0.2, -0.15) is 4.36 Å². The van der Waals surface area contributed by atoms with Crippen molar-refractivity contribution in [2.24, 2.45) is 4.36 Å². The Balaban J connectivity index is 1.84. The third-order valence-corrected chi connectivity index (χ3v) is 6.48. The van der Waals surface area contributed by atoms with Gasteiger partial charge in [0.15, 0.2) is 0 Å². The molecule has 0 aromatic heterocycles. The Morgan fingerprint density at radius 2 is 1.91 bits per heavy atom. The van der Waals surface area contributed by atoms with Gasteiger partial charge < -0.3 is 5.73 Å². The number of thioether (sulfide) groups is 1. The van der Waals surface area contributed by atoms with Crippen LogP contribution in [0.5, 0.6) is 0 Å². The summed E-state index contributed by atoms with van der Waals surface area (Å²) in [5, 5.41) is -0.285. The molecule has 6 heteroatoms. The number of anilines is 1. The van der Waals surface area contributed by atoms with Crippen LogP contribution in [0.1, 0.15) is 5.56 Å². The summed E-state index contributed by atoms with van der Waals surface area (Å²) in [6, 6.07) is 14.6. The lowest BCUT2D eigenvalue weighted by molar-refractivity contribution is -0.117. The molecule has 0 saturated carbocycles. The molecule has 0 saturated heterocycles. The molecule has 2 atom stereocenters. The summed E-state index contributed by atoms with van der Waals surface area (Å²) >= 11 is 1.49. The van der Waals surface area contributed by atoms with Crippen LogP contribution in [0, 0.1) is 0 Å². The monoisotopic (exact) mass is 332 g/mol. The second kappa shape index (κ2) is 5.78. The summed E-state index contributed by atoms with van der Waals surface area (Å²) in [5.41, 5.74) is 7.36. The van der Waals surface area contributed by atoms with Gasteiger partial charge in [0.2, 0.25) is 0 Å². The molecule has 22 heavy (non-hydrogen) atoms. The van der Waals surface area contributed by atoms with Gasteiger partial charge in [0.05, 0.1) is 15.0 Å². The first-order valence-electron chi connectivity index (χ1n) is 6.82. The molecule has 1 aliphatic heterocycles. The molecule has 4 nitrogen and oxygen atoms in total. The Labute approximate surface area is 134 Å². The molecule has 0 aliphatic carbocycles. The molecule has 114 valence electrons. The number of carbonyl (C=O) groups is 1. The molecule has 2 unspecified atom stereocenters. The van der Waals surface area contributed by atoms with E-state index in [2.05, 4.69) is 4.36 Å². The molecule has 1 amide bonds. The van der Waals surface area contributed by atoms with Crippen LogP contribution in [-0.4, -0.2) is 21.6 Å². The van der Waals surface area contributed by atoms with E-state index >= 15 is 0 Å². The fourth-order valence-corrected chi connectivity index (χ4v) is 4.79. The summed E-state index contributed by atoms with van der Waals surface area (Å²) in [6.45, 7) is 0. The average molecular weight is 332 g/mol. The largest absolute Gasteiger partial charge is 0.399 e. The van der Waals surface area contributed by atoms with Gasteiger partial charge in [-0.1, -0.05) is 18.2 Å². The molecule has 3 rings (SSSR count). The SMILES string of the molecule is CS(=O)(=NC(=O)C1Cc2ccccc2S1)c1ccc(N)cc1. The molecule has 2 aromatic carbocycles. The summed E-state index contributed by atoms with van der Waals surface area (Å²) in [4.78, 5) is 14.0. The third-order valence-electron chi connectivity index (χ3n) is 3.50. The summed E-state index contributed by atoms with van der Waals surface area (Å²) in [6.07, 6.45) is 2.13. The fraction of sp³-hybridized carbons (Fsp3) is 0.188. The van der Waals surface area contributed by atoms with E-state index in [4.69, 9.17) is 5.73 Å². The van der Waals surface area contributed by atoms with Crippen LogP contribution in [0.15, 0.2) is 62.7 Å². The number of hydrogen-bond donors (Lipinski definition) is 1. The Hall–Kier alpha value is -1.79. The minimum Gasteiger partial charge on any atom is -0.399 e. The molecule has 0 radical (unpaired) electrons. The minimum absolute atomic E-state index is 0.285. The van der Waals surface area contributed by atoms with E-state index in [0.717, 1.165) is 10.5 Å². The van der Waals surface area contributed by atoms with Crippen LogP contribution in [0.4, 0.5) is 5.69 Å². The number of carbonyl (C=O) groups excluding carboxylic acids is 1. The highest BCUT2D eigenvalue weighted by Crippen LogP contribution is 2.37. The highest BCUT2D eigenvalue weighted by molar-refractivity contribution is 8.01. The van der Waals surface area contributed by atoms with Crippen LogP contribution < -0.4 is 5.73 Å². The molecule has 2 N–H and O–H groups in total. The minimum atomic E-state index is -2.74. The van der Waals surface area contributed by atoms with Gasteiger partial charge in [0.1, 0.15) is 0 Å². The molecular formula is C16H16N2O2S2. The van der Waals surface area contributed by atoms with Gasteiger partial charge in [-0.3, -0.25) is 4.79 Å². The smallest absolute Gasteiger partial charge is 0.267 e. The van der Waals surface area contributed by atoms with Crippen molar-refractivity contribution in [1.82, 2.24) is 0 Å². The first-order valence-corrected chi connectivity index (χ1v) is 9.62. The van der Waals surface area contributed by atoms with E-state index in [1.165, 1.54) is 18.0 Å². The standard InChI is InChI=1S/C16H16N2O2S2/c1-22(20,13-8-6-12(17)7-9-13)18-16(19)15-10-11-4-2-3-5-14(11)21-15/h2-9,15H,10,17H2,1H3. The van der Waals surface area contributed by atoms with E-state index in [0.29, 0.717) is 17.0 Å². The van der Waals surface area contributed by atoms with Gasteiger partial charge in [0.25, 0.3) is 5.91 Å². The summed E-state index contributed by atoms with van der Waals surface area (Å²) < 4.78 is 16.7. The molecule has 0 bridgehead atoms. The van der Waals surface area contributed by atoms with Crippen LogP contribution in [-0.2, 0) is 20.9 Å². The number of hydrogen-bond acceptors (Lipinski definition) is 4. The Morgan fingerprint density at radius 1 is 1.23 bits per heavy atom. The first-order chi connectivity index (χ1) is 10.5. The van der Waals surface area contributed by atoms with Crippen molar-refractivity contribution in [2.75, 3.05) is 12.0 Å². The molecule has 0 spiro atoms. The highest BCUT2D eigenvalue weighted by atomic mass is 32.2. The number of nitrogen functional groups attached to an aromatic ring is 1. The fourth-order valence-electron chi connectivity index (χ4n) is 2.32. The molecule has 1 aliphatic rings. The number of fused-ring (bicyclic) bond motifs is 1. The van der Waals surface area contributed by atoms with Gasteiger partial charge >= 0.3 is 0 Å². The zero-order chi connectivity index (χ0) is 15.7. The highest BCUT2D eigenvalue weighted by Gasteiger charge is 2.28. The van der Waals surface area contributed by atoms with Crippen LogP contribution in [0.2, 0.25) is 0 Å². The first kappa shape index (κ1) is 15.1. The predicted octanol–water partition coefficient (Wildman–Crippen LogP) is 2.97. The van der Waals surface area contributed by atoms with E-state index in [1.807, 2.05) is 24.3 Å². The summed E-state index contributed by atoms with van der Waals surface area (Å²) in [5.74, 6) is -0.314. The average Bonchev–Trinajstić information content (AvgIpc) is 2.91. The number of rotatable bonds is 2. The Bertz CT molecular complexity index is 812. The number of amides is 1. The van der Waals surface area contributed by atoms with E-state index < -0.39 is 9.73 Å². The molecule has 0 fully saturated rings. The second-order valence-electron chi connectivity index (χ2n) is 5.22. The van der Waals surface area contributed by atoms with E-state index in [9.17, 15) is 9.00 Å². The lowest BCUT2D eigenvalue weighted by Gasteiger charge is -2.07. The van der Waals surface area contributed by atoms with E-state index in [-0.39, 0.29) is 11.2 Å². The van der Waals surface area contributed by atoms with Crippen molar-refractivity contribution >= 4 is 33.1 Å². The van der Waals surface area contributed by atoms with Crippen molar-refractivity contribution in [1.29, 1.82) is 0 Å². The Kier molecular flexibility index (Phi) is 3.97. The number of nitrogens with zero attached hydrogens (tertiary/aromatic N) is 1. The van der Waals surface area contributed by atoms with Crippen molar-refractivity contribution in [3.05, 3.63) is 54.1 Å². The molecule has 1 heterocycles. The Morgan fingerprint density at radius 3 is 2.59 bits per heavy atom. The molecular weight excluding hydrogens is 316 g/mol. The van der Waals surface area contributed by atoms with Crippen molar-refractivity contribution < 1.29 is 9.00 Å². The second-order valence-corrected chi connectivity index (χ2v) is 8.72. The van der Waals surface area contributed by atoms with Crippen LogP contribution in [0.3, 0.4) is 0 Å². The van der Waals surface area contributed by atoms with Crippen molar-refractivity contribution in [2.45, 2.75) is 21.5 Å². The van der Waals surface area contributed by atoms with Crippen molar-refractivity contribution in [3.8, 4) is 0 Å². The number of nitrogens with two attached hydrogens (primary N) is 1. The van der Waals surface area contributed by atoms with Crippen molar-refractivity contribution in [3.63, 3.8) is 0 Å². The predicted molar refractivity (Wildman–Crippen MR) is 90.4 cm³/mol. The third kappa shape index (κ3) is 3.03. The summed E-state index contributed by atoms with van der Waals surface area (Å²) in [7, 11) is -2.74. The molecule has 2 aromatic rings. The van der Waals surface area contributed by atoms with Crippen LogP contribution >= 0.6 is 11.8 Å². The normalized spacial score (nSPS) is 19.2. The maximum absolute atomic E-state index is 12.7. The quantitative estimate of drug-likeness (QED) is 0.858. The van der Waals surface area contributed by atoms with Gasteiger partial charge in [0, 0.05) is 21.7 Å². The van der Waals surface area contributed by atoms with E-state index in [1.54, 1.807) is 24.3 Å². The lowest BCUT2D eigenvalue weighted by atomic mass is 10.1. The maximum atomic E-state index is 12.7. The topological polar surface area (TPSA) is 72.5 Å². The lowest BCUT2D eigenvalue weighted by Crippen LogP contribution is -2.16. The zero-order valence-corrected chi connectivity index (χ0v) is 13.7. The van der Waals surface area contributed by atoms with Crippen LogP contribution in [0.25, 0.3) is 0 Å². The van der Waals surface area contributed by atoms with Gasteiger partial charge in [-0.15, -0.1) is 11.8 Å². The van der Waals surface area contributed by atoms with Gasteiger partial charge in [-0.25, -0.2) is 4.21 Å². The zero-order valence-electron chi connectivity index (χ0n) is 12.1. The van der Waals surface area contributed by atoms with Gasteiger partial charge in [-0.05, 0) is 42.3 Å².